The number of hydrogen-bond acceptors (Lipinski definition) is 4. The number of nitrogens with one attached hydrogen (secondary N) is 1. The van der Waals surface area contributed by atoms with Gasteiger partial charge in [-0.05, 0) is 24.3 Å². The molecule has 0 radical (unpaired) electrons. The molecule has 0 unspecified atom stereocenters. The van der Waals surface area contributed by atoms with Gasteiger partial charge in [0.15, 0.2) is 0 Å². The molecule has 0 amide bonds. The largest absolute Gasteiger partial charge is 0.495 e. The number of ether oxygens (including phenoxy) is 1. The summed E-state index contributed by atoms with van der Waals surface area (Å²) in [6.07, 6.45) is 1.35. The molecule has 0 spiro atoms. The number of aromatic nitrogens is 1. The minimum Gasteiger partial charge on any atom is -0.495 e. The number of carboxylic acid groups (broad SMARTS) is 1. The quantitative estimate of drug-likeness (QED) is 0.861. The molecule has 0 aliphatic carbocycles. The maximum atomic E-state index is 10.7. The van der Waals surface area contributed by atoms with Crippen molar-refractivity contribution in [2.75, 3.05) is 12.4 Å². The third-order valence-corrected chi connectivity index (χ3v) is 2.64. The Morgan fingerprint density at radius 3 is 2.74 bits per heavy atom. The maximum absolute atomic E-state index is 10.7. The fourth-order valence-electron chi connectivity index (χ4n) is 1.63. The lowest BCUT2D eigenvalue weighted by molar-refractivity contribution is 0.0696. The summed E-state index contributed by atoms with van der Waals surface area (Å²) in [6.45, 7) is 0.500. The van der Waals surface area contributed by atoms with Gasteiger partial charge in [0.25, 0.3) is 0 Å². The molecule has 0 atom stereocenters. The molecule has 2 N–H and O–H groups in total. The summed E-state index contributed by atoms with van der Waals surface area (Å²) < 4.78 is 5.22. The summed E-state index contributed by atoms with van der Waals surface area (Å²) in [6, 6.07) is 10.8. The van der Waals surface area contributed by atoms with Crippen molar-refractivity contribution >= 4 is 11.7 Å². The van der Waals surface area contributed by atoms with Crippen molar-refractivity contribution in [3.63, 3.8) is 0 Å². The fraction of sp³-hybridized carbons (Fsp3) is 0.143. The van der Waals surface area contributed by atoms with Crippen LogP contribution in [0.1, 0.15) is 16.1 Å². The topological polar surface area (TPSA) is 71.5 Å². The Hall–Kier alpha value is -2.56. The normalized spacial score (nSPS) is 9.95. The predicted octanol–water partition coefficient (Wildman–Crippen LogP) is 2.40. The zero-order chi connectivity index (χ0) is 13.7. The second-order valence-electron chi connectivity index (χ2n) is 3.90. The average Bonchev–Trinajstić information content (AvgIpc) is 2.45. The molecule has 98 valence electrons. The number of carbonyl (C=O) groups is 1. The van der Waals surface area contributed by atoms with E-state index < -0.39 is 5.97 Å². The van der Waals surface area contributed by atoms with Gasteiger partial charge in [-0.25, -0.2) is 4.79 Å². The summed E-state index contributed by atoms with van der Waals surface area (Å²) in [5.74, 6) is -0.221. The lowest BCUT2D eigenvalue weighted by Crippen LogP contribution is -2.04. The van der Waals surface area contributed by atoms with Gasteiger partial charge in [-0.2, -0.15) is 0 Å². The maximum Gasteiger partial charge on any atom is 0.337 e. The third kappa shape index (κ3) is 3.22. The summed E-state index contributed by atoms with van der Waals surface area (Å²) >= 11 is 0. The van der Waals surface area contributed by atoms with Gasteiger partial charge in [0.2, 0.25) is 0 Å². The van der Waals surface area contributed by atoms with E-state index in [4.69, 9.17) is 9.84 Å². The first kappa shape index (κ1) is 12.9. The smallest absolute Gasteiger partial charge is 0.337 e. The van der Waals surface area contributed by atoms with Crippen LogP contribution in [0.4, 0.5) is 5.69 Å². The van der Waals surface area contributed by atoms with Crippen molar-refractivity contribution in [2.45, 2.75) is 6.54 Å². The summed E-state index contributed by atoms with van der Waals surface area (Å²) in [5.41, 5.74) is 1.81. The summed E-state index contributed by atoms with van der Waals surface area (Å²) in [7, 11) is 1.61. The van der Waals surface area contributed by atoms with Crippen molar-refractivity contribution in [1.29, 1.82) is 0 Å². The van der Waals surface area contributed by atoms with Crippen molar-refractivity contribution in [2.24, 2.45) is 0 Å². The molecule has 0 bridgehead atoms. The molecule has 0 aliphatic heterocycles. The highest BCUT2D eigenvalue weighted by Crippen LogP contribution is 2.23. The molecule has 2 aromatic rings. The first-order chi connectivity index (χ1) is 9.20. The highest BCUT2D eigenvalue weighted by Gasteiger charge is 2.04. The van der Waals surface area contributed by atoms with Gasteiger partial charge in [-0.15, -0.1) is 0 Å². The standard InChI is InChI=1S/C14H14N2O3/c1-19-13-5-3-2-4-12(13)16-9-11-7-6-10(8-15-11)14(17)18/h2-8,16H,9H2,1H3,(H,17,18). The molecule has 5 nitrogen and oxygen atoms in total. The molecule has 5 heteroatoms. The molecule has 1 aromatic carbocycles. The highest BCUT2D eigenvalue weighted by molar-refractivity contribution is 5.87. The Morgan fingerprint density at radius 1 is 1.32 bits per heavy atom. The first-order valence-electron chi connectivity index (χ1n) is 5.76. The van der Waals surface area contributed by atoms with Crippen LogP contribution < -0.4 is 10.1 Å². The lowest BCUT2D eigenvalue weighted by Gasteiger charge is -2.10. The van der Waals surface area contributed by atoms with Gasteiger partial charge in [-0.3, -0.25) is 4.98 Å². The van der Waals surface area contributed by atoms with Crippen LogP contribution in [0.25, 0.3) is 0 Å². The molecule has 0 aliphatic rings. The minimum absolute atomic E-state index is 0.182. The molecule has 1 heterocycles. The molecular formula is C14H14N2O3. The van der Waals surface area contributed by atoms with Crippen LogP contribution in [0, 0.1) is 0 Å². The van der Waals surface area contributed by atoms with E-state index in [0.717, 1.165) is 17.1 Å². The molecular weight excluding hydrogens is 244 g/mol. The van der Waals surface area contributed by atoms with Crippen LogP contribution >= 0.6 is 0 Å². The Balaban J connectivity index is 2.04. The van der Waals surface area contributed by atoms with E-state index >= 15 is 0 Å². The lowest BCUT2D eigenvalue weighted by atomic mass is 10.2. The second-order valence-corrected chi connectivity index (χ2v) is 3.90. The van der Waals surface area contributed by atoms with E-state index in [-0.39, 0.29) is 5.56 Å². The van der Waals surface area contributed by atoms with Gasteiger partial charge < -0.3 is 15.2 Å². The number of rotatable bonds is 5. The van der Waals surface area contributed by atoms with E-state index in [1.807, 2.05) is 24.3 Å². The highest BCUT2D eigenvalue weighted by atomic mass is 16.5. The molecule has 0 saturated heterocycles. The Bertz CT molecular complexity index is 567. The number of methoxy groups -OCH3 is 1. The second kappa shape index (κ2) is 5.86. The monoisotopic (exact) mass is 258 g/mol. The van der Waals surface area contributed by atoms with Crippen LogP contribution in [0.15, 0.2) is 42.6 Å². The zero-order valence-corrected chi connectivity index (χ0v) is 10.5. The van der Waals surface area contributed by atoms with Gasteiger partial charge in [0.1, 0.15) is 5.75 Å². The number of carboxylic acids is 1. The average molecular weight is 258 g/mol. The van der Waals surface area contributed by atoms with Gasteiger partial charge in [-0.1, -0.05) is 12.1 Å². The number of hydrogen-bond donors (Lipinski definition) is 2. The molecule has 2 rings (SSSR count). The van der Waals surface area contributed by atoms with E-state index in [9.17, 15) is 4.79 Å². The van der Waals surface area contributed by atoms with E-state index in [1.165, 1.54) is 12.3 Å². The Labute approximate surface area is 110 Å². The SMILES string of the molecule is COc1ccccc1NCc1ccc(C(=O)O)cn1. The number of anilines is 1. The molecule has 1 aromatic heterocycles. The van der Waals surface area contributed by atoms with Gasteiger partial charge >= 0.3 is 5.97 Å². The van der Waals surface area contributed by atoms with Crippen LogP contribution in [0.3, 0.4) is 0 Å². The number of pyridine rings is 1. The third-order valence-electron chi connectivity index (χ3n) is 2.64. The number of para-hydroxylation sites is 2. The number of nitrogens with zero attached hydrogens (tertiary/aromatic N) is 1. The Kier molecular flexibility index (Phi) is 3.97. The van der Waals surface area contributed by atoms with Crippen LogP contribution in [-0.4, -0.2) is 23.2 Å². The molecule has 19 heavy (non-hydrogen) atoms. The van der Waals surface area contributed by atoms with E-state index in [2.05, 4.69) is 10.3 Å². The molecule has 0 saturated carbocycles. The Morgan fingerprint density at radius 2 is 2.11 bits per heavy atom. The van der Waals surface area contributed by atoms with Crippen LogP contribution in [-0.2, 0) is 6.54 Å². The van der Waals surface area contributed by atoms with Crippen molar-refractivity contribution in [3.05, 3.63) is 53.9 Å². The van der Waals surface area contributed by atoms with Crippen LogP contribution in [0.5, 0.6) is 5.75 Å². The van der Waals surface area contributed by atoms with Gasteiger partial charge in [0, 0.05) is 6.20 Å². The first-order valence-corrected chi connectivity index (χ1v) is 5.76. The van der Waals surface area contributed by atoms with Crippen LogP contribution in [0.2, 0.25) is 0 Å². The zero-order valence-electron chi connectivity index (χ0n) is 10.5. The number of benzene rings is 1. The molecule has 0 fully saturated rings. The minimum atomic E-state index is -0.975. The summed E-state index contributed by atoms with van der Waals surface area (Å²) in [4.78, 5) is 14.8. The predicted molar refractivity (Wildman–Crippen MR) is 71.5 cm³/mol. The fourth-order valence-corrected chi connectivity index (χ4v) is 1.63. The summed E-state index contributed by atoms with van der Waals surface area (Å²) in [5, 5.41) is 12.0. The van der Waals surface area contributed by atoms with E-state index in [0.29, 0.717) is 6.54 Å². The van der Waals surface area contributed by atoms with Crippen molar-refractivity contribution in [1.82, 2.24) is 4.98 Å². The van der Waals surface area contributed by atoms with E-state index in [1.54, 1.807) is 13.2 Å². The van der Waals surface area contributed by atoms with Crippen molar-refractivity contribution < 1.29 is 14.6 Å². The van der Waals surface area contributed by atoms with Crippen molar-refractivity contribution in [3.8, 4) is 5.75 Å². The van der Waals surface area contributed by atoms with Gasteiger partial charge in [0.05, 0.1) is 30.6 Å². The number of aromatic carboxylic acids is 1.